The summed E-state index contributed by atoms with van der Waals surface area (Å²) in [5, 5.41) is 0.832. The average Bonchev–Trinajstić information content (AvgIpc) is 2.75. The van der Waals surface area contributed by atoms with E-state index in [-0.39, 0.29) is 0 Å². The number of hydrogen-bond acceptors (Lipinski definition) is 3. The van der Waals surface area contributed by atoms with Gasteiger partial charge in [0.1, 0.15) is 0 Å². The van der Waals surface area contributed by atoms with Gasteiger partial charge in [0, 0.05) is 11.8 Å². The normalized spacial score (nSPS) is 12.7. The standard InChI is InChI=1S/C27H58N2S/c1-5-8-11-14-15-18-23-27(22-17-13-10-7-3)30-28-24-19-21-26-29(4)25-20-16-12-9-6-2/h27-28H,5-26H2,1-4H3. The molecular weight excluding hydrogens is 384 g/mol. The highest BCUT2D eigenvalue weighted by atomic mass is 32.2. The monoisotopic (exact) mass is 442 g/mol. The fraction of sp³-hybridized carbons (Fsp3) is 1.00. The molecule has 0 aliphatic rings. The quantitative estimate of drug-likeness (QED) is 0.112. The Labute approximate surface area is 196 Å². The van der Waals surface area contributed by atoms with Crippen molar-refractivity contribution in [3.05, 3.63) is 0 Å². The first kappa shape index (κ1) is 30.3. The van der Waals surface area contributed by atoms with Gasteiger partial charge in [0.25, 0.3) is 0 Å². The van der Waals surface area contributed by atoms with Crippen LogP contribution in [0.3, 0.4) is 0 Å². The number of nitrogens with one attached hydrogen (secondary N) is 1. The molecule has 30 heavy (non-hydrogen) atoms. The summed E-state index contributed by atoms with van der Waals surface area (Å²) in [6.07, 6.45) is 26.6. The molecule has 2 nitrogen and oxygen atoms in total. The summed E-state index contributed by atoms with van der Waals surface area (Å²) in [7, 11) is 2.30. The van der Waals surface area contributed by atoms with Crippen LogP contribution in [0, 0.1) is 0 Å². The summed E-state index contributed by atoms with van der Waals surface area (Å²) in [5.41, 5.74) is 0. The maximum Gasteiger partial charge on any atom is 0.0193 e. The molecule has 3 heteroatoms. The predicted molar refractivity (Wildman–Crippen MR) is 142 cm³/mol. The van der Waals surface area contributed by atoms with Crippen LogP contribution >= 0.6 is 11.9 Å². The zero-order chi connectivity index (χ0) is 22.1. The molecule has 1 unspecified atom stereocenters. The second-order valence-electron chi connectivity index (χ2n) is 9.46. The number of hydrogen-bond donors (Lipinski definition) is 1. The van der Waals surface area contributed by atoms with Gasteiger partial charge in [0.05, 0.1) is 0 Å². The van der Waals surface area contributed by atoms with Crippen LogP contribution in [-0.2, 0) is 0 Å². The highest BCUT2D eigenvalue weighted by molar-refractivity contribution is 7.98. The third-order valence-corrected chi connectivity index (χ3v) is 7.40. The minimum Gasteiger partial charge on any atom is -0.306 e. The topological polar surface area (TPSA) is 15.3 Å². The van der Waals surface area contributed by atoms with Gasteiger partial charge in [-0.1, -0.05) is 123 Å². The van der Waals surface area contributed by atoms with E-state index in [1.807, 2.05) is 0 Å². The Balaban J connectivity index is 3.74. The Hall–Kier alpha value is 0.270. The van der Waals surface area contributed by atoms with Crippen LogP contribution in [0.5, 0.6) is 0 Å². The maximum absolute atomic E-state index is 3.73. The van der Waals surface area contributed by atoms with Gasteiger partial charge in [-0.15, -0.1) is 0 Å². The first-order chi connectivity index (χ1) is 14.7. The zero-order valence-corrected chi connectivity index (χ0v) is 22.3. The van der Waals surface area contributed by atoms with Crippen LogP contribution in [0.1, 0.15) is 143 Å². The molecular formula is C27H58N2S. The van der Waals surface area contributed by atoms with Gasteiger partial charge in [-0.3, -0.25) is 4.72 Å². The predicted octanol–water partition coefficient (Wildman–Crippen LogP) is 9.00. The van der Waals surface area contributed by atoms with E-state index in [0.717, 1.165) is 5.25 Å². The maximum atomic E-state index is 3.73. The highest BCUT2D eigenvalue weighted by Gasteiger charge is 2.09. The zero-order valence-electron chi connectivity index (χ0n) is 21.5. The van der Waals surface area contributed by atoms with Crippen molar-refractivity contribution in [1.29, 1.82) is 0 Å². The molecule has 0 fully saturated rings. The number of unbranched alkanes of at least 4 members (excludes halogenated alkanes) is 13. The summed E-state index contributed by atoms with van der Waals surface area (Å²) in [6.45, 7) is 10.6. The van der Waals surface area contributed by atoms with Crippen molar-refractivity contribution in [3.8, 4) is 0 Å². The molecule has 0 aliphatic heterocycles. The van der Waals surface area contributed by atoms with Gasteiger partial charge in [0.15, 0.2) is 0 Å². The second-order valence-corrected chi connectivity index (χ2v) is 10.7. The summed E-state index contributed by atoms with van der Waals surface area (Å²) in [5.74, 6) is 0. The van der Waals surface area contributed by atoms with Crippen LogP contribution in [0.2, 0.25) is 0 Å². The second kappa shape index (κ2) is 25.5. The molecule has 1 atom stereocenters. The van der Waals surface area contributed by atoms with Crippen LogP contribution in [0.4, 0.5) is 0 Å². The van der Waals surface area contributed by atoms with Crippen molar-refractivity contribution in [2.75, 3.05) is 26.7 Å². The fourth-order valence-electron chi connectivity index (χ4n) is 4.07. The fourth-order valence-corrected chi connectivity index (χ4v) is 5.13. The molecule has 0 rings (SSSR count). The number of rotatable bonds is 25. The molecule has 0 heterocycles. The molecule has 0 aromatic heterocycles. The summed E-state index contributed by atoms with van der Waals surface area (Å²) >= 11 is 2.06. The van der Waals surface area contributed by atoms with Crippen LogP contribution in [0.15, 0.2) is 0 Å². The SMILES string of the molecule is CCCCCCCCC(CCCCCC)SNCCCCN(C)CCCCCCC. The lowest BCUT2D eigenvalue weighted by atomic mass is 10.0. The minimum absolute atomic E-state index is 0.832. The van der Waals surface area contributed by atoms with E-state index in [1.54, 1.807) is 0 Å². The van der Waals surface area contributed by atoms with Crippen molar-refractivity contribution >= 4 is 11.9 Å². The van der Waals surface area contributed by atoms with Crippen LogP contribution in [-0.4, -0.2) is 36.8 Å². The molecule has 0 spiro atoms. The van der Waals surface area contributed by atoms with Gasteiger partial charge in [-0.2, -0.15) is 0 Å². The largest absolute Gasteiger partial charge is 0.306 e. The van der Waals surface area contributed by atoms with Crippen molar-refractivity contribution < 1.29 is 0 Å². The lowest BCUT2D eigenvalue weighted by Crippen LogP contribution is -2.22. The Morgan fingerprint density at radius 3 is 1.57 bits per heavy atom. The minimum atomic E-state index is 0.832. The first-order valence-electron chi connectivity index (χ1n) is 13.8. The van der Waals surface area contributed by atoms with Crippen LogP contribution < -0.4 is 4.72 Å². The third kappa shape index (κ3) is 22.9. The van der Waals surface area contributed by atoms with E-state index in [4.69, 9.17) is 0 Å². The molecule has 0 aromatic rings. The molecule has 0 aromatic carbocycles. The average molecular weight is 443 g/mol. The van der Waals surface area contributed by atoms with Gasteiger partial charge in [0.2, 0.25) is 0 Å². The van der Waals surface area contributed by atoms with Crippen molar-refractivity contribution in [2.24, 2.45) is 0 Å². The smallest absolute Gasteiger partial charge is 0.0193 e. The highest BCUT2D eigenvalue weighted by Crippen LogP contribution is 2.22. The van der Waals surface area contributed by atoms with Crippen molar-refractivity contribution in [2.45, 2.75) is 148 Å². The molecule has 0 amide bonds. The molecule has 0 bridgehead atoms. The van der Waals surface area contributed by atoms with Gasteiger partial charge in [-0.25, -0.2) is 0 Å². The number of nitrogens with zero attached hydrogens (tertiary/aromatic N) is 1. The van der Waals surface area contributed by atoms with E-state index in [2.05, 4.69) is 49.4 Å². The van der Waals surface area contributed by atoms with E-state index >= 15 is 0 Å². The lowest BCUT2D eigenvalue weighted by molar-refractivity contribution is 0.317. The van der Waals surface area contributed by atoms with E-state index in [0.29, 0.717) is 0 Å². The first-order valence-corrected chi connectivity index (χ1v) is 14.7. The summed E-state index contributed by atoms with van der Waals surface area (Å²) < 4.78 is 3.73. The van der Waals surface area contributed by atoms with E-state index < -0.39 is 0 Å². The molecule has 0 saturated carbocycles. The molecule has 0 aliphatic carbocycles. The Morgan fingerprint density at radius 2 is 1.00 bits per heavy atom. The molecule has 0 radical (unpaired) electrons. The van der Waals surface area contributed by atoms with Crippen molar-refractivity contribution in [1.82, 2.24) is 9.62 Å². The summed E-state index contributed by atoms with van der Waals surface area (Å²) in [6, 6.07) is 0. The van der Waals surface area contributed by atoms with Gasteiger partial charge >= 0.3 is 0 Å². The van der Waals surface area contributed by atoms with Gasteiger partial charge in [-0.05, 0) is 52.2 Å². The summed E-state index contributed by atoms with van der Waals surface area (Å²) in [4.78, 5) is 2.54. The lowest BCUT2D eigenvalue weighted by Gasteiger charge is -2.18. The Morgan fingerprint density at radius 1 is 0.567 bits per heavy atom. The van der Waals surface area contributed by atoms with Crippen molar-refractivity contribution in [3.63, 3.8) is 0 Å². The molecule has 182 valence electrons. The Kier molecular flexibility index (Phi) is 25.8. The van der Waals surface area contributed by atoms with Gasteiger partial charge < -0.3 is 4.90 Å². The van der Waals surface area contributed by atoms with Crippen LogP contribution in [0.25, 0.3) is 0 Å². The third-order valence-electron chi connectivity index (χ3n) is 6.22. The molecule has 1 N–H and O–H groups in total. The molecule has 0 saturated heterocycles. The van der Waals surface area contributed by atoms with E-state index in [1.165, 1.54) is 142 Å². The van der Waals surface area contributed by atoms with E-state index in [9.17, 15) is 0 Å². The Bertz CT molecular complexity index is 311.